The number of aromatic nitrogens is 1. The number of carbonyl (C=O) groups is 2. The fraction of sp³-hybridized carbons (Fsp3) is 0.462. The molecule has 0 bridgehead atoms. The molecule has 1 aromatic rings. The van der Waals surface area contributed by atoms with Crippen LogP contribution in [0.2, 0.25) is 0 Å². The van der Waals surface area contributed by atoms with Crippen molar-refractivity contribution >= 4 is 11.8 Å². The molecule has 1 N–H and O–H groups in total. The molecule has 5 heteroatoms. The van der Waals surface area contributed by atoms with E-state index in [4.69, 9.17) is 0 Å². The highest BCUT2D eigenvalue weighted by molar-refractivity contribution is 5.84. The standard InChI is InChI=1S/C13H17N3O2/c1-10(17)16(8-11-3-2-6-14-7-11)9-13(18)15-12-4-5-12/h2-3,6-7,12H,4-5,8-9H2,1H3,(H,15,18). The number of rotatable bonds is 5. The summed E-state index contributed by atoms with van der Waals surface area (Å²) in [6, 6.07) is 4.03. The lowest BCUT2D eigenvalue weighted by atomic mass is 10.2. The zero-order chi connectivity index (χ0) is 13.0. The Bertz CT molecular complexity index is 429. The van der Waals surface area contributed by atoms with Gasteiger partial charge in [-0.15, -0.1) is 0 Å². The third kappa shape index (κ3) is 3.84. The van der Waals surface area contributed by atoms with Crippen molar-refractivity contribution in [3.63, 3.8) is 0 Å². The Kier molecular flexibility index (Phi) is 3.92. The fourth-order valence-corrected chi connectivity index (χ4v) is 1.66. The quantitative estimate of drug-likeness (QED) is 0.833. The van der Waals surface area contributed by atoms with Gasteiger partial charge in [-0.3, -0.25) is 14.6 Å². The molecule has 96 valence electrons. The van der Waals surface area contributed by atoms with Gasteiger partial charge in [-0.1, -0.05) is 6.07 Å². The highest BCUT2D eigenvalue weighted by atomic mass is 16.2. The smallest absolute Gasteiger partial charge is 0.239 e. The number of hydrogen-bond donors (Lipinski definition) is 1. The topological polar surface area (TPSA) is 62.3 Å². The van der Waals surface area contributed by atoms with Crippen molar-refractivity contribution in [1.82, 2.24) is 15.2 Å². The Morgan fingerprint density at radius 1 is 1.50 bits per heavy atom. The van der Waals surface area contributed by atoms with Crippen LogP contribution < -0.4 is 5.32 Å². The highest BCUT2D eigenvalue weighted by Gasteiger charge is 2.24. The highest BCUT2D eigenvalue weighted by Crippen LogP contribution is 2.18. The van der Waals surface area contributed by atoms with Crippen molar-refractivity contribution in [2.75, 3.05) is 6.54 Å². The lowest BCUT2D eigenvalue weighted by Gasteiger charge is -2.20. The molecule has 0 radical (unpaired) electrons. The van der Waals surface area contributed by atoms with Crippen LogP contribution >= 0.6 is 0 Å². The predicted molar refractivity (Wildman–Crippen MR) is 66.5 cm³/mol. The Balaban J connectivity index is 1.91. The largest absolute Gasteiger partial charge is 0.352 e. The van der Waals surface area contributed by atoms with Gasteiger partial charge in [0.15, 0.2) is 0 Å². The van der Waals surface area contributed by atoms with Crippen molar-refractivity contribution in [2.24, 2.45) is 0 Å². The van der Waals surface area contributed by atoms with Crippen molar-refractivity contribution in [1.29, 1.82) is 0 Å². The molecule has 0 aromatic carbocycles. The third-order valence-corrected chi connectivity index (χ3v) is 2.82. The van der Waals surface area contributed by atoms with Crippen molar-refractivity contribution < 1.29 is 9.59 Å². The van der Waals surface area contributed by atoms with Gasteiger partial charge in [0.1, 0.15) is 0 Å². The number of hydrogen-bond acceptors (Lipinski definition) is 3. The van der Waals surface area contributed by atoms with Crippen LogP contribution in [0.25, 0.3) is 0 Å². The third-order valence-electron chi connectivity index (χ3n) is 2.82. The molecule has 1 heterocycles. The molecular weight excluding hydrogens is 230 g/mol. The van der Waals surface area contributed by atoms with Crippen LogP contribution in [-0.2, 0) is 16.1 Å². The van der Waals surface area contributed by atoms with E-state index in [0.717, 1.165) is 18.4 Å². The molecule has 1 aliphatic carbocycles. The normalized spacial score (nSPS) is 14.1. The van der Waals surface area contributed by atoms with E-state index in [1.807, 2.05) is 12.1 Å². The van der Waals surface area contributed by atoms with Crippen LogP contribution in [0.1, 0.15) is 25.3 Å². The molecule has 0 atom stereocenters. The first-order chi connectivity index (χ1) is 8.65. The SMILES string of the molecule is CC(=O)N(CC(=O)NC1CC1)Cc1cccnc1. The van der Waals surface area contributed by atoms with Crippen molar-refractivity contribution in [3.05, 3.63) is 30.1 Å². The molecule has 2 amide bonds. The van der Waals surface area contributed by atoms with Crippen molar-refractivity contribution in [3.8, 4) is 0 Å². The molecule has 0 spiro atoms. The van der Waals surface area contributed by atoms with Gasteiger partial charge < -0.3 is 10.2 Å². The molecule has 1 fully saturated rings. The lowest BCUT2D eigenvalue weighted by Crippen LogP contribution is -2.40. The zero-order valence-corrected chi connectivity index (χ0v) is 10.4. The Morgan fingerprint density at radius 3 is 2.83 bits per heavy atom. The first-order valence-corrected chi connectivity index (χ1v) is 6.09. The van der Waals surface area contributed by atoms with E-state index >= 15 is 0 Å². The molecule has 0 aliphatic heterocycles. The van der Waals surface area contributed by atoms with Crippen LogP contribution in [0.15, 0.2) is 24.5 Å². The molecule has 18 heavy (non-hydrogen) atoms. The van der Waals surface area contributed by atoms with Crippen LogP contribution in [0.4, 0.5) is 0 Å². The second-order valence-electron chi connectivity index (χ2n) is 4.58. The number of amides is 2. The summed E-state index contributed by atoms with van der Waals surface area (Å²) in [7, 11) is 0. The van der Waals surface area contributed by atoms with Gasteiger partial charge in [-0.05, 0) is 24.5 Å². The van der Waals surface area contributed by atoms with Gasteiger partial charge in [0.05, 0.1) is 6.54 Å². The minimum atomic E-state index is -0.107. The Labute approximate surface area is 106 Å². The molecule has 1 aliphatic rings. The maximum atomic E-state index is 11.7. The van der Waals surface area contributed by atoms with Crippen LogP contribution in [-0.4, -0.2) is 34.3 Å². The van der Waals surface area contributed by atoms with Crippen LogP contribution in [0.3, 0.4) is 0 Å². The number of nitrogens with one attached hydrogen (secondary N) is 1. The van der Waals surface area contributed by atoms with E-state index in [1.54, 1.807) is 12.4 Å². The molecule has 1 aromatic heterocycles. The minimum absolute atomic E-state index is 0.0865. The molecule has 0 unspecified atom stereocenters. The van der Waals surface area contributed by atoms with Crippen LogP contribution in [0.5, 0.6) is 0 Å². The summed E-state index contributed by atoms with van der Waals surface area (Å²) in [6.45, 7) is 2.00. The number of nitrogens with zero attached hydrogens (tertiary/aromatic N) is 2. The first-order valence-electron chi connectivity index (χ1n) is 6.09. The summed E-state index contributed by atoms with van der Waals surface area (Å²) < 4.78 is 0. The monoisotopic (exact) mass is 247 g/mol. The van der Waals surface area contributed by atoms with E-state index in [2.05, 4.69) is 10.3 Å². The second kappa shape index (κ2) is 5.62. The minimum Gasteiger partial charge on any atom is -0.352 e. The summed E-state index contributed by atoms with van der Waals surface area (Å²) in [5, 5.41) is 2.88. The summed E-state index contributed by atoms with van der Waals surface area (Å²) in [4.78, 5) is 28.7. The fourth-order valence-electron chi connectivity index (χ4n) is 1.66. The Morgan fingerprint density at radius 2 is 2.28 bits per heavy atom. The maximum Gasteiger partial charge on any atom is 0.239 e. The summed E-state index contributed by atoms with van der Waals surface area (Å²) >= 11 is 0. The van der Waals surface area contributed by atoms with Gasteiger partial charge in [-0.25, -0.2) is 0 Å². The van der Waals surface area contributed by atoms with E-state index in [9.17, 15) is 9.59 Å². The van der Waals surface area contributed by atoms with Gasteiger partial charge in [0.25, 0.3) is 0 Å². The van der Waals surface area contributed by atoms with Crippen LogP contribution in [0, 0.1) is 0 Å². The first kappa shape index (κ1) is 12.5. The van der Waals surface area contributed by atoms with E-state index in [1.165, 1.54) is 11.8 Å². The lowest BCUT2D eigenvalue weighted by molar-refractivity contribution is -0.135. The molecule has 1 saturated carbocycles. The molecular formula is C13H17N3O2. The average molecular weight is 247 g/mol. The van der Waals surface area contributed by atoms with Gasteiger partial charge in [0.2, 0.25) is 11.8 Å². The van der Waals surface area contributed by atoms with E-state index in [-0.39, 0.29) is 18.4 Å². The zero-order valence-electron chi connectivity index (χ0n) is 10.4. The summed E-state index contributed by atoms with van der Waals surface area (Å²) in [5.74, 6) is -0.193. The van der Waals surface area contributed by atoms with E-state index < -0.39 is 0 Å². The predicted octanol–water partition coefficient (Wildman–Crippen LogP) is 0.709. The molecule has 0 saturated heterocycles. The number of carbonyl (C=O) groups excluding carboxylic acids is 2. The van der Waals surface area contributed by atoms with Gasteiger partial charge in [0, 0.05) is 31.9 Å². The summed E-state index contributed by atoms with van der Waals surface area (Å²) in [5.41, 5.74) is 0.923. The molecule has 2 rings (SSSR count). The van der Waals surface area contributed by atoms with E-state index in [0.29, 0.717) is 12.6 Å². The number of pyridine rings is 1. The van der Waals surface area contributed by atoms with Gasteiger partial charge in [-0.2, -0.15) is 0 Å². The molecule has 5 nitrogen and oxygen atoms in total. The summed E-state index contributed by atoms with van der Waals surface area (Å²) in [6.07, 6.45) is 5.49. The van der Waals surface area contributed by atoms with Crippen molar-refractivity contribution in [2.45, 2.75) is 32.4 Å². The second-order valence-corrected chi connectivity index (χ2v) is 4.58. The Hall–Kier alpha value is -1.91. The average Bonchev–Trinajstić information content (AvgIpc) is 3.13. The van der Waals surface area contributed by atoms with Gasteiger partial charge >= 0.3 is 0 Å². The maximum absolute atomic E-state index is 11.7.